The molecule has 178 valence electrons. The molecular weight excluding hydrogens is 433 g/mol. The van der Waals surface area contributed by atoms with Crippen LogP contribution >= 0.6 is 0 Å². The average Bonchev–Trinajstić information content (AvgIpc) is 3.27. The maximum absolute atomic E-state index is 15.4. The Morgan fingerprint density at radius 1 is 1.06 bits per heavy atom. The maximum atomic E-state index is 15.4. The molecule has 0 saturated heterocycles. The van der Waals surface area contributed by atoms with Crippen LogP contribution in [0.4, 0.5) is 15.8 Å². The van der Waals surface area contributed by atoms with Gasteiger partial charge in [-0.25, -0.2) is 4.39 Å². The Balaban J connectivity index is 1.80. The van der Waals surface area contributed by atoms with Crippen LogP contribution in [0.25, 0.3) is 22.0 Å². The first kappa shape index (κ1) is 23.5. The zero-order chi connectivity index (χ0) is 24.2. The van der Waals surface area contributed by atoms with Crippen molar-refractivity contribution in [2.75, 3.05) is 32.2 Å². The normalized spacial score (nSPS) is 11.3. The van der Waals surface area contributed by atoms with Crippen molar-refractivity contribution in [3.63, 3.8) is 0 Å². The summed E-state index contributed by atoms with van der Waals surface area (Å²) in [5.41, 5.74) is 4.05. The molecule has 7 nitrogen and oxygen atoms in total. The number of pyridine rings is 1. The van der Waals surface area contributed by atoms with Crippen molar-refractivity contribution in [1.82, 2.24) is 20.1 Å². The zero-order valence-corrected chi connectivity index (χ0v) is 20.2. The molecule has 2 heterocycles. The van der Waals surface area contributed by atoms with Gasteiger partial charge in [0.2, 0.25) is 0 Å². The average molecular weight is 464 g/mol. The van der Waals surface area contributed by atoms with Crippen LogP contribution in [0.3, 0.4) is 0 Å². The zero-order valence-electron chi connectivity index (χ0n) is 20.2. The number of hydrogen-bond donors (Lipinski definition) is 1. The summed E-state index contributed by atoms with van der Waals surface area (Å²) in [5.74, 6) is 0.226. The minimum Gasteiger partial charge on any atom is -0.497 e. The van der Waals surface area contributed by atoms with E-state index in [1.54, 1.807) is 23.9 Å². The second-order valence-electron chi connectivity index (χ2n) is 8.43. The molecule has 0 bridgehead atoms. The number of nitrogens with one attached hydrogen (secondary N) is 1. The fourth-order valence-corrected chi connectivity index (χ4v) is 3.89. The fourth-order valence-electron chi connectivity index (χ4n) is 3.89. The molecule has 2 aromatic heterocycles. The van der Waals surface area contributed by atoms with Crippen molar-refractivity contribution in [3.8, 4) is 22.6 Å². The van der Waals surface area contributed by atoms with Crippen LogP contribution < -0.4 is 19.7 Å². The standard InChI is InChI=1S/C26H30FN5O2/c1-17(2)28-8-9-32(24-12-22(33-4)13-25(34-5)26(24)27)21-6-7-23-18(11-21)10-19(14-29-23)20-15-30-31(3)16-20/h6-7,10-17,28H,8-9H2,1-5H3. The first-order valence-electron chi connectivity index (χ1n) is 11.2. The predicted octanol–water partition coefficient (Wildman–Crippen LogP) is 4.93. The number of anilines is 2. The van der Waals surface area contributed by atoms with Crippen LogP contribution in [0.2, 0.25) is 0 Å². The summed E-state index contributed by atoms with van der Waals surface area (Å²) in [7, 11) is 4.90. The number of methoxy groups -OCH3 is 2. The summed E-state index contributed by atoms with van der Waals surface area (Å²) in [4.78, 5) is 6.55. The van der Waals surface area contributed by atoms with Crippen LogP contribution in [0.15, 0.2) is 55.0 Å². The number of aromatic nitrogens is 3. The van der Waals surface area contributed by atoms with Gasteiger partial charge < -0.3 is 19.7 Å². The molecule has 4 aromatic rings. The highest BCUT2D eigenvalue weighted by Crippen LogP contribution is 2.37. The summed E-state index contributed by atoms with van der Waals surface area (Å²) >= 11 is 0. The van der Waals surface area contributed by atoms with Crippen molar-refractivity contribution in [2.24, 2.45) is 7.05 Å². The van der Waals surface area contributed by atoms with Crippen molar-refractivity contribution < 1.29 is 13.9 Å². The number of hydrogen-bond acceptors (Lipinski definition) is 6. The largest absolute Gasteiger partial charge is 0.497 e. The van der Waals surface area contributed by atoms with Crippen LogP contribution in [0, 0.1) is 5.82 Å². The lowest BCUT2D eigenvalue weighted by Crippen LogP contribution is -2.33. The van der Waals surface area contributed by atoms with Gasteiger partial charge in [0, 0.05) is 72.9 Å². The molecule has 8 heteroatoms. The van der Waals surface area contributed by atoms with E-state index in [-0.39, 0.29) is 5.75 Å². The highest BCUT2D eigenvalue weighted by atomic mass is 19.1. The third kappa shape index (κ3) is 4.97. The van der Waals surface area contributed by atoms with E-state index in [2.05, 4.69) is 35.3 Å². The van der Waals surface area contributed by atoms with E-state index in [1.165, 1.54) is 7.11 Å². The third-order valence-corrected chi connectivity index (χ3v) is 5.64. The maximum Gasteiger partial charge on any atom is 0.188 e. The molecule has 0 aliphatic heterocycles. The highest BCUT2D eigenvalue weighted by Gasteiger charge is 2.20. The number of rotatable bonds is 9. The Morgan fingerprint density at radius 3 is 2.56 bits per heavy atom. The van der Waals surface area contributed by atoms with E-state index < -0.39 is 5.82 Å². The predicted molar refractivity (Wildman–Crippen MR) is 134 cm³/mol. The number of aryl methyl sites for hydroxylation is 1. The van der Waals surface area contributed by atoms with E-state index in [1.807, 2.05) is 48.7 Å². The first-order valence-corrected chi connectivity index (χ1v) is 11.2. The van der Waals surface area contributed by atoms with E-state index in [0.29, 0.717) is 30.6 Å². The lowest BCUT2D eigenvalue weighted by Gasteiger charge is -2.27. The highest BCUT2D eigenvalue weighted by molar-refractivity contribution is 5.87. The van der Waals surface area contributed by atoms with E-state index in [9.17, 15) is 0 Å². The second kappa shape index (κ2) is 10.1. The van der Waals surface area contributed by atoms with Gasteiger partial charge in [-0.15, -0.1) is 0 Å². The monoisotopic (exact) mass is 463 g/mol. The summed E-state index contributed by atoms with van der Waals surface area (Å²) in [6.45, 7) is 5.39. The number of ether oxygens (including phenoxy) is 2. The molecule has 34 heavy (non-hydrogen) atoms. The molecule has 1 N–H and O–H groups in total. The molecule has 0 radical (unpaired) electrons. The topological polar surface area (TPSA) is 64.4 Å². The molecule has 0 fully saturated rings. The number of halogens is 1. The SMILES string of the molecule is COc1cc(OC)c(F)c(N(CCNC(C)C)c2ccc3ncc(-c4cnn(C)c4)cc3c2)c1. The van der Waals surface area contributed by atoms with Gasteiger partial charge in [0.15, 0.2) is 11.6 Å². The fraction of sp³-hybridized carbons (Fsp3) is 0.308. The molecular formula is C26H30FN5O2. The van der Waals surface area contributed by atoms with Gasteiger partial charge in [-0.1, -0.05) is 13.8 Å². The van der Waals surface area contributed by atoms with Crippen molar-refractivity contribution in [3.05, 3.63) is 60.8 Å². The smallest absolute Gasteiger partial charge is 0.188 e. The third-order valence-electron chi connectivity index (χ3n) is 5.64. The van der Waals surface area contributed by atoms with Gasteiger partial charge in [-0.05, 0) is 24.3 Å². The molecule has 0 amide bonds. The Kier molecular flexibility index (Phi) is 6.98. The molecule has 0 saturated carbocycles. The van der Waals surface area contributed by atoms with Crippen molar-refractivity contribution >= 4 is 22.3 Å². The number of benzene rings is 2. The Bertz CT molecular complexity index is 1290. The number of fused-ring (bicyclic) bond motifs is 1. The minimum absolute atomic E-state index is 0.137. The Labute approximate surface area is 199 Å². The summed E-state index contributed by atoms with van der Waals surface area (Å²) in [6.07, 6.45) is 5.61. The van der Waals surface area contributed by atoms with Gasteiger partial charge in [-0.3, -0.25) is 9.67 Å². The summed E-state index contributed by atoms with van der Waals surface area (Å²) < 4.78 is 27.9. The van der Waals surface area contributed by atoms with Gasteiger partial charge in [0.1, 0.15) is 5.75 Å². The van der Waals surface area contributed by atoms with Gasteiger partial charge in [0.05, 0.1) is 31.6 Å². The molecule has 0 atom stereocenters. The van der Waals surface area contributed by atoms with E-state index in [4.69, 9.17) is 9.47 Å². The van der Waals surface area contributed by atoms with Crippen LogP contribution in [0.5, 0.6) is 11.5 Å². The van der Waals surface area contributed by atoms with E-state index in [0.717, 1.165) is 27.7 Å². The van der Waals surface area contributed by atoms with Crippen molar-refractivity contribution in [1.29, 1.82) is 0 Å². The number of nitrogens with zero attached hydrogens (tertiary/aromatic N) is 4. The van der Waals surface area contributed by atoms with Crippen LogP contribution in [-0.2, 0) is 7.05 Å². The van der Waals surface area contributed by atoms with E-state index >= 15 is 4.39 Å². The van der Waals surface area contributed by atoms with Crippen LogP contribution in [-0.4, -0.2) is 48.1 Å². The van der Waals surface area contributed by atoms with Crippen molar-refractivity contribution in [2.45, 2.75) is 19.9 Å². The first-order chi connectivity index (χ1) is 16.4. The molecule has 2 aromatic carbocycles. The quantitative estimate of drug-likeness (QED) is 0.380. The molecule has 4 rings (SSSR count). The van der Waals surface area contributed by atoms with Crippen LogP contribution in [0.1, 0.15) is 13.8 Å². The van der Waals surface area contributed by atoms with Gasteiger partial charge in [0.25, 0.3) is 0 Å². The molecule has 0 unspecified atom stereocenters. The molecule has 0 spiro atoms. The minimum atomic E-state index is -0.435. The lowest BCUT2D eigenvalue weighted by atomic mass is 10.1. The summed E-state index contributed by atoms with van der Waals surface area (Å²) in [5, 5.41) is 8.63. The summed E-state index contributed by atoms with van der Waals surface area (Å²) in [6, 6.07) is 11.6. The Hall–Kier alpha value is -3.65. The molecule has 0 aliphatic rings. The molecule has 0 aliphatic carbocycles. The van der Waals surface area contributed by atoms with Gasteiger partial charge in [-0.2, -0.15) is 5.10 Å². The van der Waals surface area contributed by atoms with Gasteiger partial charge >= 0.3 is 0 Å². The second-order valence-corrected chi connectivity index (χ2v) is 8.43. The lowest BCUT2D eigenvalue weighted by molar-refractivity contribution is 0.374. The Morgan fingerprint density at radius 2 is 1.88 bits per heavy atom.